The topological polar surface area (TPSA) is 35.6 Å². The van der Waals surface area contributed by atoms with Crippen molar-refractivity contribution in [1.29, 1.82) is 0 Å². The standard InChI is InChI=1S/C9H17N3O/c1-7-9(13)12(6-10-7)8-3-4-11(2)5-8/h7-8,10H,3-6H2,1-2H3. The third-order valence-corrected chi connectivity index (χ3v) is 3.03. The summed E-state index contributed by atoms with van der Waals surface area (Å²) in [5, 5.41) is 3.17. The Hall–Kier alpha value is -0.610. The van der Waals surface area contributed by atoms with Gasteiger partial charge >= 0.3 is 0 Å². The molecule has 0 radical (unpaired) electrons. The normalized spacial score (nSPS) is 36.2. The molecule has 13 heavy (non-hydrogen) atoms. The average molecular weight is 183 g/mol. The second-order valence-corrected chi connectivity index (χ2v) is 4.10. The lowest BCUT2D eigenvalue weighted by atomic mass is 10.2. The van der Waals surface area contributed by atoms with E-state index in [2.05, 4.69) is 17.3 Å². The average Bonchev–Trinajstić information content (AvgIpc) is 2.62. The molecule has 2 heterocycles. The van der Waals surface area contributed by atoms with Crippen LogP contribution in [0.2, 0.25) is 0 Å². The number of hydrogen-bond donors (Lipinski definition) is 1. The van der Waals surface area contributed by atoms with Crippen LogP contribution in [0.4, 0.5) is 0 Å². The minimum atomic E-state index is 0.0194. The highest BCUT2D eigenvalue weighted by Crippen LogP contribution is 2.17. The number of rotatable bonds is 1. The first-order valence-electron chi connectivity index (χ1n) is 4.91. The molecule has 4 nitrogen and oxygen atoms in total. The lowest BCUT2D eigenvalue weighted by Crippen LogP contribution is -2.39. The van der Waals surface area contributed by atoms with Crippen molar-refractivity contribution < 1.29 is 4.79 Å². The van der Waals surface area contributed by atoms with Crippen molar-refractivity contribution in [3.63, 3.8) is 0 Å². The summed E-state index contributed by atoms with van der Waals surface area (Å²) < 4.78 is 0. The summed E-state index contributed by atoms with van der Waals surface area (Å²) in [6.07, 6.45) is 1.12. The van der Waals surface area contributed by atoms with E-state index in [-0.39, 0.29) is 11.9 Å². The summed E-state index contributed by atoms with van der Waals surface area (Å²) in [6.45, 7) is 4.81. The summed E-state index contributed by atoms with van der Waals surface area (Å²) >= 11 is 0. The first-order chi connectivity index (χ1) is 6.18. The van der Waals surface area contributed by atoms with Crippen LogP contribution in [0.25, 0.3) is 0 Å². The van der Waals surface area contributed by atoms with Gasteiger partial charge in [0.25, 0.3) is 0 Å². The van der Waals surface area contributed by atoms with Gasteiger partial charge in [-0.05, 0) is 26.9 Å². The van der Waals surface area contributed by atoms with Crippen LogP contribution in [0.15, 0.2) is 0 Å². The fourth-order valence-corrected chi connectivity index (χ4v) is 2.12. The first kappa shape index (κ1) is 8.97. The Morgan fingerprint density at radius 2 is 2.31 bits per heavy atom. The number of nitrogens with one attached hydrogen (secondary N) is 1. The smallest absolute Gasteiger partial charge is 0.240 e. The van der Waals surface area contributed by atoms with Gasteiger partial charge in [0.15, 0.2) is 0 Å². The molecule has 74 valence electrons. The number of likely N-dealkylation sites (N-methyl/N-ethyl adjacent to an activating group) is 1. The van der Waals surface area contributed by atoms with Crippen LogP contribution >= 0.6 is 0 Å². The van der Waals surface area contributed by atoms with Gasteiger partial charge in [0, 0.05) is 12.6 Å². The van der Waals surface area contributed by atoms with Crippen LogP contribution in [-0.2, 0) is 4.79 Å². The van der Waals surface area contributed by atoms with Gasteiger partial charge in [-0.25, -0.2) is 0 Å². The maximum Gasteiger partial charge on any atom is 0.240 e. The van der Waals surface area contributed by atoms with Crippen LogP contribution in [-0.4, -0.2) is 54.6 Å². The van der Waals surface area contributed by atoms with E-state index in [0.29, 0.717) is 6.04 Å². The molecule has 1 N–H and O–H groups in total. The van der Waals surface area contributed by atoms with Crippen LogP contribution in [0.3, 0.4) is 0 Å². The summed E-state index contributed by atoms with van der Waals surface area (Å²) in [4.78, 5) is 15.9. The van der Waals surface area contributed by atoms with E-state index in [1.807, 2.05) is 11.8 Å². The van der Waals surface area contributed by atoms with Crippen LogP contribution in [0.5, 0.6) is 0 Å². The Bertz CT molecular complexity index is 219. The molecule has 4 heteroatoms. The molecule has 2 rings (SSSR count). The maximum absolute atomic E-state index is 11.6. The van der Waals surface area contributed by atoms with Gasteiger partial charge in [-0.3, -0.25) is 10.1 Å². The summed E-state index contributed by atoms with van der Waals surface area (Å²) in [6, 6.07) is 0.459. The quantitative estimate of drug-likeness (QED) is 0.593. The van der Waals surface area contributed by atoms with Crippen molar-refractivity contribution in [3.05, 3.63) is 0 Å². The number of nitrogens with zero attached hydrogens (tertiary/aromatic N) is 2. The van der Waals surface area contributed by atoms with E-state index in [4.69, 9.17) is 0 Å². The molecule has 1 amide bonds. The minimum absolute atomic E-state index is 0.0194. The van der Waals surface area contributed by atoms with Crippen molar-refractivity contribution >= 4 is 5.91 Å². The number of carbonyl (C=O) groups is 1. The van der Waals surface area contributed by atoms with Gasteiger partial charge in [0.2, 0.25) is 5.91 Å². The first-order valence-corrected chi connectivity index (χ1v) is 4.91. The molecule has 2 aliphatic rings. The molecular weight excluding hydrogens is 166 g/mol. The van der Waals surface area contributed by atoms with Crippen LogP contribution < -0.4 is 5.32 Å². The SMILES string of the molecule is CC1NCN(C2CCN(C)C2)C1=O. The Morgan fingerprint density at radius 3 is 2.77 bits per heavy atom. The van der Waals surface area contributed by atoms with Crippen molar-refractivity contribution in [1.82, 2.24) is 15.1 Å². The zero-order valence-corrected chi connectivity index (χ0v) is 8.29. The highest BCUT2D eigenvalue weighted by molar-refractivity contribution is 5.83. The molecule has 0 aliphatic carbocycles. The van der Waals surface area contributed by atoms with Gasteiger partial charge in [-0.2, -0.15) is 0 Å². The Labute approximate surface area is 78.9 Å². The summed E-state index contributed by atoms with van der Waals surface area (Å²) in [7, 11) is 2.11. The minimum Gasteiger partial charge on any atom is -0.324 e. The molecular formula is C9H17N3O. The van der Waals surface area contributed by atoms with Gasteiger partial charge in [-0.15, -0.1) is 0 Å². The van der Waals surface area contributed by atoms with Crippen molar-refractivity contribution in [2.24, 2.45) is 0 Å². The molecule has 0 aromatic heterocycles. The molecule has 2 atom stereocenters. The van der Waals surface area contributed by atoms with Crippen molar-refractivity contribution in [2.75, 3.05) is 26.8 Å². The Balaban J connectivity index is 1.98. The zero-order chi connectivity index (χ0) is 9.42. The molecule has 2 saturated heterocycles. The maximum atomic E-state index is 11.6. The number of amides is 1. The molecule has 0 bridgehead atoms. The molecule has 0 saturated carbocycles. The highest BCUT2D eigenvalue weighted by atomic mass is 16.2. The molecule has 0 aromatic rings. The third kappa shape index (κ3) is 1.56. The van der Waals surface area contributed by atoms with Gasteiger partial charge in [0.1, 0.15) is 0 Å². The van der Waals surface area contributed by atoms with E-state index in [1.54, 1.807) is 0 Å². The second-order valence-electron chi connectivity index (χ2n) is 4.10. The molecule has 2 aliphatic heterocycles. The predicted octanol–water partition coefficient (Wildman–Crippen LogP) is -0.532. The number of likely N-dealkylation sites (tertiary alicyclic amines) is 1. The summed E-state index contributed by atoms with van der Waals surface area (Å²) in [5.74, 6) is 0.264. The number of carbonyl (C=O) groups excluding carboxylic acids is 1. The monoisotopic (exact) mass is 183 g/mol. The van der Waals surface area contributed by atoms with E-state index in [1.165, 1.54) is 0 Å². The van der Waals surface area contributed by atoms with Crippen LogP contribution in [0.1, 0.15) is 13.3 Å². The van der Waals surface area contributed by atoms with E-state index in [0.717, 1.165) is 26.2 Å². The fraction of sp³-hybridized carbons (Fsp3) is 0.889. The summed E-state index contributed by atoms with van der Waals surface area (Å²) in [5.41, 5.74) is 0. The highest BCUT2D eigenvalue weighted by Gasteiger charge is 2.35. The lowest BCUT2D eigenvalue weighted by Gasteiger charge is -2.22. The van der Waals surface area contributed by atoms with Crippen LogP contribution in [0, 0.1) is 0 Å². The van der Waals surface area contributed by atoms with Gasteiger partial charge in [-0.1, -0.05) is 0 Å². The Kier molecular flexibility index (Phi) is 2.26. The third-order valence-electron chi connectivity index (χ3n) is 3.03. The zero-order valence-electron chi connectivity index (χ0n) is 8.29. The molecule has 0 aromatic carbocycles. The molecule has 0 spiro atoms. The molecule has 2 fully saturated rings. The largest absolute Gasteiger partial charge is 0.324 e. The lowest BCUT2D eigenvalue weighted by molar-refractivity contribution is -0.130. The number of hydrogen-bond acceptors (Lipinski definition) is 3. The fourth-order valence-electron chi connectivity index (χ4n) is 2.12. The van der Waals surface area contributed by atoms with Gasteiger partial charge in [0.05, 0.1) is 12.7 Å². The van der Waals surface area contributed by atoms with Crippen molar-refractivity contribution in [3.8, 4) is 0 Å². The Morgan fingerprint density at radius 1 is 1.54 bits per heavy atom. The predicted molar refractivity (Wildman–Crippen MR) is 50.2 cm³/mol. The van der Waals surface area contributed by atoms with E-state index >= 15 is 0 Å². The van der Waals surface area contributed by atoms with E-state index < -0.39 is 0 Å². The second kappa shape index (κ2) is 3.27. The van der Waals surface area contributed by atoms with E-state index in [9.17, 15) is 4.79 Å². The molecule has 2 unspecified atom stereocenters. The van der Waals surface area contributed by atoms with Gasteiger partial charge < -0.3 is 9.80 Å². The van der Waals surface area contributed by atoms with Crippen molar-refractivity contribution in [2.45, 2.75) is 25.4 Å².